The van der Waals surface area contributed by atoms with Gasteiger partial charge in [0.1, 0.15) is 18.2 Å². The van der Waals surface area contributed by atoms with Crippen molar-refractivity contribution in [1.82, 2.24) is 5.32 Å². The molecule has 5 heteroatoms. The van der Waals surface area contributed by atoms with Gasteiger partial charge >= 0.3 is 0 Å². The van der Waals surface area contributed by atoms with Gasteiger partial charge in [0.25, 0.3) is 0 Å². The van der Waals surface area contributed by atoms with Crippen molar-refractivity contribution < 1.29 is 9.53 Å². The van der Waals surface area contributed by atoms with Gasteiger partial charge in [0.05, 0.1) is 5.71 Å². The fraction of sp³-hybridized carbons (Fsp3) is 0.250. The van der Waals surface area contributed by atoms with E-state index in [1.807, 2.05) is 60.8 Å². The highest BCUT2D eigenvalue weighted by Crippen LogP contribution is 2.21. The number of hydrogen-bond donors (Lipinski definition) is 1. The second-order valence-electron chi connectivity index (χ2n) is 5.72. The molecule has 0 radical (unpaired) electrons. The maximum Gasteiger partial charge on any atom is 0.164 e. The zero-order valence-corrected chi connectivity index (χ0v) is 14.0. The van der Waals surface area contributed by atoms with Crippen LogP contribution in [0.4, 0.5) is 0 Å². The minimum absolute atomic E-state index is 0.124. The molecule has 2 aromatic rings. The van der Waals surface area contributed by atoms with Crippen molar-refractivity contribution in [3.63, 3.8) is 0 Å². The van der Waals surface area contributed by atoms with Crippen molar-refractivity contribution in [2.24, 2.45) is 9.98 Å². The Hall–Kier alpha value is -2.79. The Morgan fingerprint density at radius 3 is 2.48 bits per heavy atom. The smallest absolute Gasteiger partial charge is 0.164 e. The number of carbonyl (C=O) groups excluding carboxylic acids is 1. The number of carbonyl (C=O) groups is 1. The normalized spacial score (nSPS) is 12.9. The maximum absolute atomic E-state index is 12.2. The summed E-state index contributed by atoms with van der Waals surface area (Å²) in [7, 11) is 0. The van der Waals surface area contributed by atoms with Crippen molar-refractivity contribution in [1.29, 1.82) is 0 Å². The van der Waals surface area contributed by atoms with Gasteiger partial charge in [-0.1, -0.05) is 18.2 Å². The third kappa shape index (κ3) is 5.36. The number of nitrogens with one attached hydrogen (secondary N) is 1. The Bertz CT molecular complexity index is 752. The molecule has 0 fully saturated rings. The van der Waals surface area contributed by atoms with Gasteiger partial charge in [0, 0.05) is 37.7 Å². The van der Waals surface area contributed by atoms with Gasteiger partial charge in [0.2, 0.25) is 0 Å². The first-order valence-electron chi connectivity index (χ1n) is 8.41. The van der Waals surface area contributed by atoms with Gasteiger partial charge in [0.15, 0.2) is 5.78 Å². The molecule has 0 amide bonds. The Kier molecular flexibility index (Phi) is 6.06. The number of nitrogens with zero attached hydrogens (tertiary/aromatic N) is 2. The summed E-state index contributed by atoms with van der Waals surface area (Å²) in [6.45, 7) is 2.02. The zero-order chi connectivity index (χ0) is 17.3. The van der Waals surface area contributed by atoms with Crippen LogP contribution in [0.1, 0.15) is 23.2 Å². The lowest BCUT2D eigenvalue weighted by Gasteiger charge is -2.07. The first-order chi connectivity index (χ1) is 12.3. The number of rotatable bonds is 9. The minimum Gasteiger partial charge on any atom is -0.457 e. The molecule has 128 valence electrons. The lowest BCUT2D eigenvalue weighted by molar-refractivity contribution is 0.0982. The summed E-state index contributed by atoms with van der Waals surface area (Å²) in [6, 6.07) is 16.8. The van der Waals surface area contributed by atoms with Crippen LogP contribution >= 0.6 is 0 Å². The monoisotopic (exact) mass is 335 g/mol. The third-order valence-corrected chi connectivity index (χ3v) is 3.84. The van der Waals surface area contributed by atoms with Crippen molar-refractivity contribution in [3.05, 3.63) is 60.2 Å². The Morgan fingerprint density at radius 1 is 1.00 bits per heavy atom. The van der Waals surface area contributed by atoms with Crippen LogP contribution in [-0.2, 0) is 0 Å². The largest absolute Gasteiger partial charge is 0.457 e. The maximum atomic E-state index is 12.2. The van der Waals surface area contributed by atoms with Crippen molar-refractivity contribution in [2.45, 2.75) is 12.8 Å². The van der Waals surface area contributed by atoms with Crippen LogP contribution in [-0.4, -0.2) is 37.5 Å². The van der Waals surface area contributed by atoms with E-state index in [0.29, 0.717) is 25.2 Å². The van der Waals surface area contributed by atoms with Gasteiger partial charge in [-0.2, -0.15) is 0 Å². The number of hydrogen-bond acceptors (Lipinski definition) is 5. The SMILES string of the molecule is O=C(CCNCCC1=NCN=C1)c1ccc(Oc2ccccc2)cc1. The topological polar surface area (TPSA) is 63.0 Å². The molecular weight excluding hydrogens is 314 g/mol. The third-order valence-electron chi connectivity index (χ3n) is 3.84. The molecule has 1 aliphatic rings. The van der Waals surface area contributed by atoms with Crippen LogP contribution in [0.5, 0.6) is 11.5 Å². The van der Waals surface area contributed by atoms with Crippen molar-refractivity contribution in [3.8, 4) is 11.5 Å². The standard InChI is InChI=1S/C20H21N3O2/c24-20(11-13-21-12-10-17-14-22-15-23-17)16-6-8-19(9-7-16)25-18-4-2-1-3-5-18/h1-9,14,21H,10-13,15H2. The van der Waals surface area contributed by atoms with Crippen molar-refractivity contribution >= 4 is 17.7 Å². The van der Waals surface area contributed by atoms with Crippen LogP contribution < -0.4 is 10.1 Å². The van der Waals surface area contributed by atoms with Crippen LogP contribution in [0.3, 0.4) is 0 Å². The highest BCUT2D eigenvalue weighted by molar-refractivity contribution is 6.31. The van der Waals surface area contributed by atoms with E-state index < -0.39 is 0 Å². The zero-order valence-electron chi connectivity index (χ0n) is 14.0. The molecule has 0 unspecified atom stereocenters. The molecule has 0 aliphatic carbocycles. The van der Waals surface area contributed by atoms with Crippen LogP contribution in [0.2, 0.25) is 0 Å². The Balaban J connectivity index is 1.40. The molecule has 0 atom stereocenters. The predicted octanol–water partition coefficient (Wildman–Crippen LogP) is 3.51. The molecular formula is C20H21N3O2. The van der Waals surface area contributed by atoms with Gasteiger partial charge < -0.3 is 10.1 Å². The molecule has 0 saturated heterocycles. The van der Waals surface area contributed by atoms with E-state index in [2.05, 4.69) is 15.3 Å². The fourth-order valence-corrected chi connectivity index (χ4v) is 2.48. The number of ketones is 1. The van der Waals surface area contributed by atoms with Gasteiger partial charge in [-0.3, -0.25) is 14.8 Å². The van der Waals surface area contributed by atoms with Crippen LogP contribution in [0.15, 0.2) is 64.6 Å². The average Bonchev–Trinajstić information content (AvgIpc) is 3.16. The van der Waals surface area contributed by atoms with E-state index >= 15 is 0 Å². The van der Waals surface area contributed by atoms with E-state index in [0.717, 1.165) is 30.2 Å². The van der Waals surface area contributed by atoms with Crippen molar-refractivity contribution in [2.75, 3.05) is 19.8 Å². The summed E-state index contributed by atoms with van der Waals surface area (Å²) in [5.74, 6) is 1.63. The summed E-state index contributed by atoms with van der Waals surface area (Å²) >= 11 is 0. The highest BCUT2D eigenvalue weighted by atomic mass is 16.5. The summed E-state index contributed by atoms with van der Waals surface area (Å²) in [5.41, 5.74) is 1.72. The van der Waals surface area contributed by atoms with E-state index in [-0.39, 0.29) is 5.78 Å². The quantitative estimate of drug-likeness (QED) is 0.563. The van der Waals surface area contributed by atoms with Gasteiger partial charge in [-0.15, -0.1) is 0 Å². The van der Waals surface area contributed by atoms with E-state index in [9.17, 15) is 4.79 Å². The molecule has 1 N–H and O–H groups in total. The molecule has 0 spiro atoms. The summed E-state index contributed by atoms with van der Waals surface area (Å²) in [4.78, 5) is 20.5. The minimum atomic E-state index is 0.124. The number of Topliss-reactive ketones (excluding diaryl/α,β-unsaturated/α-hetero) is 1. The summed E-state index contributed by atoms with van der Waals surface area (Å²) < 4.78 is 5.73. The second-order valence-corrected chi connectivity index (χ2v) is 5.72. The number of ether oxygens (including phenoxy) is 1. The predicted molar refractivity (Wildman–Crippen MR) is 100 cm³/mol. The molecule has 5 nitrogen and oxygen atoms in total. The first kappa shape index (κ1) is 17.0. The summed E-state index contributed by atoms with van der Waals surface area (Å²) in [5, 5.41) is 3.27. The molecule has 1 heterocycles. The molecule has 0 aromatic heterocycles. The van der Waals surface area contributed by atoms with Crippen LogP contribution in [0.25, 0.3) is 0 Å². The first-order valence-corrected chi connectivity index (χ1v) is 8.41. The number of benzene rings is 2. The van der Waals surface area contributed by atoms with E-state index in [4.69, 9.17) is 4.74 Å². The second kappa shape index (κ2) is 8.89. The van der Waals surface area contributed by atoms with Gasteiger partial charge in [-0.05, 0) is 36.4 Å². The molecule has 1 aliphatic heterocycles. The molecule has 0 bridgehead atoms. The van der Waals surface area contributed by atoms with E-state index in [1.54, 1.807) is 0 Å². The molecule has 2 aromatic carbocycles. The highest BCUT2D eigenvalue weighted by Gasteiger charge is 2.06. The summed E-state index contributed by atoms with van der Waals surface area (Å²) in [6.07, 6.45) is 3.13. The molecule has 0 saturated carbocycles. The Morgan fingerprint density at radius 2 is 1.76 bits per heavy atom. The number of para-hydroxylation sites is 1. The molecule has 3 rings (SSSR count). The van der Waals surface area contributed by atoms with E-state index in [1.165, 1.54) is 0 Å². The van der Waals surface area contributed by atoms with Crippen LogP contribution in [0, 0.1) is 0 Å². The number of aliphatic imine (C=N–C) groups is 2. The average molecular weight is 335 g/mol. The van der Waals surface area contributed by atoms with Gasteiger partial charge in [-0.25, -0.2) is 0 Å². The molecule has 25 heavy (non-hydrogen) atoms. The Labute approximate surface area is 147 Å². The lowest BCUT2D eigenvalue weighted by atomic mass is 10.1. The lowest BCUT2D eigenvalue weighted by Crippen LogP contribution is -2.21. The fourth-order valence-electron chi connectivity index (χ4n) is 2.48.